The van der Waals surface area contributed by atoms with Crippen molar-refractivity contribution < 1.29 is 63.5 Å². The molecule has 2 fully saturated rings. The smallest absolute Gasteiger partial charge is 0.319 e. The molecule has 0 aromatic carbocycles. The van der Waals surface area contributed by atoms with E-state index >= 15 is 0 Å². The summed E-state index contributed by atoms with van der Waals surface area (Å²) in [6.45, 7) is 18.2. The van der Waals surface area contributed by atoms with Crippen LogP contribution in [0.4, 0.5) is 10.5 Å². The molecule has 0 saturated carbocycles. The summed E-state index contributed by atoms with van der Waals surface area (Å²) in [5.41, 5.74) is -3.26. The van der Waals surface area contributed by atoms with Gasteiger partial charge in [0, 0.05) is 56.9 Å². The number of pyridine rings is 1. The Morgan fingerprint density at radius 3 is 2.30 bits per heavy atom. The van der Waals surface area contributed by atoms with Gasteiger partial charge in [-0.15, -0.1) is 0 Å². The molecule has 66 heavy (non-hydrogen) atoms. The van der Waals surface area contributed by atoms with Crippen molar-refractivity contribution in [3.8, 4) is 0 Å². The lowest BCUT2D eigenvalue weighted by Gasteiger charge is -2.47. The van der Waals surface area contributed by atoms with Crippen LogP contribution in [0.1, 0.15) is 101 Å². The molecule has 0 unspecified atom stereocenters. The van der Waals surface area contributed by atoms with Crippen LogP contribution in [-0.2, 0) is 33.2 Å². The standard InChI is InChI=1S/C46H81Cl2N5O13/c1-14-34-46(10,60)40(56)29(6)53(18-15-17-49-44(58)50-32-21-35(47)51-36(48)22-32)24-25(2)23-45(9,59)41(66-43-38(55)33(52(11)12)20-26(3)62-43)27(4)39(28(5)42(57)64-34)65-37(16-19-61-13)63-31(8)30(7)54/h21-22,25-31,33-34,37-41,43,54-56,59-60H,14-20,23-24H2,1-13H3,(H2,49,50,51,58)/t25-,26-,27+,28-,29-,30-,31+,33+,34-,37+,38-,39+,40-,41-,43+,45-,46-/m1/s1. The van der Waals surface area contributed by atoms with Crippen molar-refractivity contribution in [1.82, 2.24) is 20.1 Å². The van der Waals surface area contributed by atoms with Crippen molar-refractivity contribution in [1.29, 1.82) is 0 Å². The van der Waals surface area contributed by atoms with E-state index in [0.29, 0.717) is 31.6 Å². The quantitative estimate of drug-likeness (QED) is 0.0495. The molecule has 3 heterocycles. The number of carbonyl (C=O) groups is 2. The Balaban J connectivity index is 2.10. The lowest BCUT2D eigenvalue weighted by Crippen LogP contribution is -2.59. The third-order valence-corrected chi connectivity index (χ3v) is 13.5. The van der Waals surface area contributed by atoms with E-state index in [-0.39, 0.29) is 60.8 Å². The van der Waals surface area contributed by atoms with Crippen LogP contribution in [0.3, 0.4) is 0 Å². The van der Waals surface area contributed by atoms with Crippen molar-refractivity contribution in [2.45, 2.75) is 186 Å². The Morgan fingerprint density at radius 2 is 1.73 bits per heavy atom. The fourth-order valence-electron chi connectivity index (χ4n) is 9.24. The topological polar surface area (TPSA) is 234 Å². The van der Waals surface area contributed by atoms with Gasteiger partial charge >= 0.3 is 12.0 Å². The van der Waals surface area contributed by atoms with Crippen LogP contribution in [-0.4, -0.2) is 184 Å². The van der Waals surface area contributed by atoms with Crippen molar-refractivity contribution in [3.63, 3.8) is 0 Å². The fraction of sp³-hybridized carbons (Fsp3) is 0.848. The maximum Gasteiger partial charge on any atom is 0.319 e. The number of aliphatic hydroxyl groups is 5. The molecular formula is C46H81Cl2N5O13. The number of cyclic esters (lactones) is 1. The van der Waals surface area contributed by atoms with Gasteiger partial charge in [-0.1, -0.05) is 44.0 Å². The number of halogens is 2. The normalized spacial score (nSPS) is 35.9. The number of ether oxygens (including phenoxy) is 6. The summed E-state index contributed by atoms with van der Waals surface area (Å²) in [6.07, 6.45) is -8.57. The average Bonchev–Trinajstić information content (AvgIpc) is 3.22. The summed E-state index contributed by atoms with van der Waals surface area (Å²) < 4.78 is 37.5. The second-order valence-electron chi connectivity index (χ2n) is 19.3. The zero-order chi connectivity index (χ0) is 49.8. The van der Waals surface area contributed by atoms with E-state index in [2.05, 4.69) is 15.6 Å². The van der Waals surface area contributed by atoms with E-state index in [1.54, 1.807) is 48.5 Å². The van der Waals surface area contributed by atoms with Gasteiger partial charge in [0.25, 0.3) is 0 Å². The third-order valence-electron chi connectivity index (χ3n) is 13.1. The number of rotatable bonds is 17. The van der Waals surface area contributed by atoms with Gasteiger partial charge in [0.15, 0.2) is 12.6 Å². The number of aromatic nitrogens is 1. The van der Waals surface area contributed by atoms with Crippen LogP contribution >= 0.6 is 23.2 Å². The van der Waals surface area contributed by atoms with Crippen LogP contribution in [0.5, 0.6) is 0 Å². The van der Waals surface area contributed by atoms with E-state index in [1.165, 1.54) is 26.2 Å². The number of likely N-dealkylation sites (N-methyl/N-ethyl adjacent to an activating group) is 1. The van der Waals surface area contributed by atoms with Crippen molar-refractivity contribution >= 4 is 40.9 Å². The number of esters is 1. The highest BCUT2D eigenvalue weighted by molar-refractivity contribution is 6.33. The number of methoxy groups -OCH3 is 1. The Labute approximate surface area is 402 Å². The zero-order valence-corrected chi connectivity index (χ0v) is 42.8. The molecule has 2 amide bonds. The van der Waals surface area contributed by atoms with Gasteiger partial charge in [-0.2, -0.15) is 0 Å². The largest absolute Gasteiger partial charge is 0.459 e. The molecule has 0 spiro atoms. The molecule has 20 heteroatoms. The van der Waals surface area contributed by atoms with Crippen molar-refractivity contribution in [3.05, 3.63) is 22.4 Å². The lowest BCUT2D eigenvalue weighted by atomic mass is 9.77. The predicted octanol–water partition coefficient (Wildman–Crippen LogP) is 4.43. The molecule has 0 aliphatic carbocycles. The van der Waals surface area contributed by atoms with Gasteiger partial charge in [0.1, 0.15) is 34.2 Å². The average molecular weight is 983 g/mol. The van der Waals surface area contributed by atoms with Crippen LogP contribution in [0.15, 0.2) is 12.1 Å². The highest BCUT2D eigenvalue weighted by Crippen LogP contribution is 2.38. The van der Waals surface area contributed by atoms with E-state index in [1.807, 2.05) is 37.7 Å². The number of hydrogen-bond acceptors (Lipinski definition) is 16. The fourth-order valence-corrected chi connectivity index (χ4v) is 9.70. The Bertz CT molecular complexity index is 1630. The first-order valence-corrected chi connectivity index (χ1v) is 24.1. The number of nitrogens with one attached hydrogen (secondary N) is 2. The minimum absolute atomic E-state index is 0.119. The van der Waals surface area contributed by atoms with Gasteiger partial charge in [-0.25, -0.2) is 9.78 Å². The number of carbonyl (C=O) groups excluding carboxylic acids is 2. The van der Waals surface area contributed by atoms with Crippen LogP contribution < -0.4 is 10.6 Å². The SMILES string of the molecule is CC[C@H]1OC(=O)[C@H](C)[C@@H](O[C@@H](CCOC)O[C@@H](C)[C@@H](C)O)[C@H](C)[C@@H](O[C@@H]2O[C@H](C)C[C@H](N(C)C)[C@H]2O)[C@](C)(O)C[C@@H](C)CN(CCCNC(=O)Nc2cc(Cl)nc(Cl)c2)[C@H](C)[C@@H](O)[C@]1(C)O. The molecule has 2 saturated heterocycles. The zero-order valence-electron chi connectivity index (χ0n) is 41.3. The summed E-state index contributed by atoms with van der Waals surface area (Å²) in [6, 6.07) is 1.38. The lowest BCUT2D eigenvalue weighted by molar-refractivity contribution is -0.306. The first kappa shape index (κ1) is 58.3. The Hall–Kier alpha value is -2.01. The monoisotopic (exact) mass is 982 g/mol. The number of urea groups is 1. The number of nitrogens with zero attached hydrogens (tertiary/aromatic N) is 3. The summed E-state index contributed by atoms with van der Waals surface area (Å²) in [4.78, 5) is 35.1. The summed E-state index contributed by atoms with van der Waals surface area (Å²) in [7, 11) is 5.26. The summed E-state index contributed by atoms with van der Waals surface area (Å²) in [5, 5.41) is 64.9. The highest BCUT2D eigenvalue weighted by Gasteiger charge is 2.51. The predicted molar refractivity (Wildman–Crippen MR) is 251 cm³/mol. The van der Waals surface area contributed by atoms with Gasteiger partial charge < -0.3 is 69.5 Å². The second kappa shape index (κ2) is 26.3. The number of anilines is 1. The molecule has 3 rings (SSSR count). The summed E-state index contributed by atoms with van der Waals surface area (Å²) in [5.74, 6) is -2.97. The number of amides is 2. The van der Waals surface area contributed by atoms with E-state index in [4.69, 9.17) is 51.6 Å². The molecule has 0 bridgehead atoms. The van der Waals surface area contributed by atoms with Crippen LogP contribution in [0.2, 0.25) is 10.3 Å². The highest BCUT2D eigenvalue weighted by atomic mass is 35.5. The maximum absolute atomic E-state index is 14.5. The summed E-state index contributed by atoms with van der Waals surface area (Å²) >= 11 is 12.0. The molecule has 7 N–H and O–H groups in total. The molecule has 1 aromatic rings. The molecule has 382 valence electrons. The maximum atomic E-state index is 14.5. The Morgan fingerprint density at radius 1 is 1.09 bits per heavy atom. The minimum atomic E-state index is -1.94. The molecule has 0 radical (unpaired) electrons. The van der Waals surface area contributed by atoms with E-state index in [9.17, 15) is 35.1 Å². The van der Waals surface area contributed by atoms with E-state index < -0.39 is 96.4 Å². The first-order chi connectivity index (χ1) is 30.7. The van der Waals surface area contributed by atoms with Crippen molar-refractivity contribution in [2.75, 3.05) is 52.8 Å². The van der Waals surface area contributed by atoms with Crippen LogP contribution in [0.25, 0.3) is 0 Å². The van der Waals surface area contributed by atoms with Gasteiger partial charge in [0.05, 0.1) is 48.6 Å². The molecule has 1 aromatic heterocycles. The van der Waals surface area contributed by atoms with Gasteiger partial charge in [-0.05, 0) is 106 Å². The van der Waals surface area contributed by atoms with Gasteiger partial charge in [-0.3, -0.25) is 9.69 Å². The molecular weight excluding hydrogens is 901 g/mol. The van der Waals surface area contributed by atoms with E-state index in [0.717, 1.165) is 0 Å². The van der Waals surface area contributed by atoms with Crippen LogP contribution in [0, 0.1) is 17.8 Å². The molecule has 2 aliphatic heterocycles. The third kappa shape index (κ3) is 16.6. The first-order valence-electron chi connectivity index (χ1n) is 23.3. The molecule has 2 aliphatic rings. The van der Waals surface area contributed by atoms with Gasteiger partial charge in [0.2, 0.25) is 0 Å². The number of hydrogen-bond donors (Lipinski definition) is 7. The second-order valence-corrected chi connectivity index (χ2v) is 20.1. The number of aliphatic hydroxyl groups excluding tert-OH is 3. The van der Waals surface area contributed by atoms with Crippen molar-refractivity contribution in [2.24, 2.45) is 17.8 Å². The minimum Gasteiger partial charge on any atom is -0.459 e. The molecule has 18 nitrogen and oxygen atoms in total. The molecule has 17 atom stereocenters. The Kier molecular flexibility index (Phi) is 23.2.